The Labute approximate surface area is 224 Å². The summed E-state index contributed by atoms with van der Waals surface area (Å²) in [6.07, 6.45) is 3.80. The molecule has 37 heavy (non-hydrogen) atoms. The van der Waals surface area contributed by atoms with E-state index in [0.717, 1.165) is 5.56 Å². The number of hydrogen-bond donors (Lipinski definition) is 1. The summed E-state index contributed by atoms with van der Waals surface area (Å²) in [5.74, 6) is -0.550. The molecule has 1 rings (SSSR count). The zero-order valence-electron chi connectivity index (χ0n) is 24.4. The first-order valence-electron chi connectivity index (χ1n) is 12.6. The predicted molar refractivity (Wildman–Crippen MR) is 152 cm³/mol. The maximum absolute atomic E-state index is 13.6. The smallest absolute Gasteiger partial charge is 0.408 e. The van der Waals surface area contributed by atoms with E-state index in [0.29, 0.717) is 12.2 Å². The maximum Gasteiger partial charge on any atom is 0.408 e. The van der Waals surface area contributed by atoms with Crippen LogP contribution in [0, 0.1) is 0 Å². The Morgan fingerprint density at radius 1 is 1.11 bits per heavy atom. The van der Waals surface area contributed by atoms with Crippen LogP contribution in [0.25, 0.3) is 0 Å². The lowest BCUT2D eigenvalue weighted by molar-refractivity contribution is -0.149. The van der Waals surface area contributed by atoms with Crippen LogP contribution in [0.3, 0.4) is 0 Å². The first kappa shape index (κ1) is 32.4. The highest BCUT2D eigenvalue weighted by molar-refractivity contribution is 6.84. The Morgan fingerprint density at radius 2 is 1.76 bits per heavy atom. The fourth-order valence-corrected chi connectivity index (χ4v) is 4.82. The highest BCUT2D eigenvalue weighted by Gasteiger charge is 2.48. The summed E-state index contributed by atoms with van der Waals surface area (Å²) < 4.78 is 21.7. The Balaban J connectivity index is 3.87. The van der Waals surface area contributed by atoms with Gasteiger partial charge < -0.3 is 24.3 Å². The van der Waals surface area contributed by atoms with Crippen LogP contribution in [0.1, 0.15) is 65.9 Å². The lowest BCUT2D eigenvalue weighted by Crippen LogP contribution is -2.59. The Kier molecular flexibility index (Phi) is 11.6. The molecule has 0 saturated carbocycles. The quantitative estimate of drug-likeness (QED) is 0.138. The molecule has 1 N–H and O–H groups in total. The van der Waals surface area contributed by atoms with Gasteiger partial charge in [0.1, 0.15) is 11.4 Å². The largest absolute Gasteiger partial charge is 0.468 e. The molecule has 1 aromatic rings. The predicted octanol–water partition coefficient (Wildman–Crippen LogP) is 6.76. The molecule has 0 radical (unpaired) electrons. The van der Waals surface area contributed by atoms with E-state index in [2.05, 4.69) is 51.5 Å². The van der Waals surface area contributed by atoms with Gasteiger partial charge in [-0.2, -0.15) is 0 Å². The Hall–Kier alpha value is -2.58. The molecule has 1 aromatic carbocycles. The molecule has 0 bridgehead atoms. The molecule has 0 aromatic heterocycles. The van der Waals surface area contributed by atoms with Crippen LogP contribution in [-0.2, 0) is 19.0 Å². The summed E-state index contributed by atoms with van der Waals surface area (Å²) in [5, 5.41) is 3.00. The second-order valence-corrected chi connectivity index (χ2v) is 17.1. The van der Waals surface area contributed by atoms with Crippen molar-refractivity contribution in [3.8, 4) is 5.75 Å². The first-order valence-corrected chi connectivity index (χ1v) is 15.7. The molecule has 1 amide bonds. The SMILES string of the molecule is C=CCC[C@@](NC(=O)OC(C)(C)C)(C(=O)OC)[C@H](/C=C/[Si](C)(C)C(C)(C)C)c1cccc(OCOC)c1. The van der Waals surface area contributed by atoms with Crippen LogP contribution >= 0.6 is 0 Å². The van der Waals surface area contributed by atoms with Crippen LogP contribution < -0.4 is 10.1 Å². The number of hydrogen-bond acceptors (Lipinski definition) is 6. The van der Waals surface area contributed by atoms with Crippen molar-refractivity contribution in [1.29, 1.82) is 0 Å². The summed E-state index contributed by atoms with van der Waals surface area (Å²) in [6.45, 7) is 20.5. The van der Waals surface area contributed by atoms with Crippen LogP contribution in [0.4, 0.5) is 4.79 Å². The summed E-state index contributed by atoms with van der Waals surface area (Å²) in [7, 11) is 0.964. The van der Waals surface area contributed by atoms with Gasteiger partial charge in [-0.15, -0.1) is 6.58 Å². The lowest BCUT2D eigenvalue weighted by Gasteiger charge is -2.40. The van der Waals surface area contributed by atoms with Gasteiger partial charge >= 0.3 is 12.1 Å². The number of carbonyl (C=O) groups excluding carboxylic acids is 2. The Morgan fingerprint density at radius 3 is 2.27 bits per heavy atom. The zero-order chi connectivity index (χ0) is 28.5. The van der Waals surface area contributed by atoms with Crippen molar-refractivity contribution in [2.45, 2.75) is 89.6 Å². The number of rotatable bonds is 12. The topological polar surface area (TPSA) is 83.1 Å². The van der Waals surface area contributed by atoms with Crippen molar-refractivity contribution in [3.05, 3.63) is 54.3 Å². The lowest BCUT2D eigenvalue weighted by atomic mass is 9.76. The zero-order valence-corrected chi connectivity index (χ0v) is 25.4. The van der Waals surface area contributed by atoms with Crippen molar-refractivity contribution in [1.82, 2.24) is 5.32 Å². The molecule has 0 spiro atoms. The summed E-state index contributed by atoms with van der Waals surface area (Å²) in [4.78, 5) is 26.8. The highest BCUT2D eigenvalue weighted by Crippen LogP contribution is 2.41. The minimum absolute atomic E-state index is 0.0745. The summed E-state index contributed by atoms with van der Waals surface area (Å²) in [5.41, 5.74) is 0.825. The minimum Gasteiger partial charge on any atom is -0.468 e. The van der Waals surface area contributed by atoms with Crippen LogP contribution in [0.15, 0.2) is 48.7 Å². The van der Waals surface area contributed by atoms with Crippen LogP contribution in [-0.4, -0.2) is 52.3 Å². The van der Waals surface area contributed by atoms with Gasteiger partial charge in [0.15, 0.2) is 12.3 Å². The summed E-state index contributed by atoms with van der Waals surface area (Å²) in [6, 6.07) is 7.46. The monoisotopic (exact) mass is 533 g/mol. The van der Waals surface area contributed by atoms with E-state index in [1.54, 1.807) is 34.0 Å². The average molecular weight is 534 g/mol. The van der Waals surface area contributed by atoms with Gasteiger partial charge in [0.2, 0.25) is 0 Å². The number of alkyl carbamates (subject to hydrolysis) is 1. The van der Waals surface area contributed by atoms with Gasteiger partial charge in [-0.25, -0.2) is 9.59 Å². The Bertz CT molecular complexity index is 944. The number of amides is 1. The van der Waals surface area contributed by atoms with E-state index < -0.39 is 37.2 Å². The van der Waals surface area contributed by atoms with E-state index in [4.69, 9.17) is 18.9 Å². The van der Waals surface area contributed by atoms with Crippen molar-refractivity contribution >= 4 is 20.1 Å². The number of allylic oxidation sites excluding steroid dienone is 1. The van der Waals surface area contributed by atoms with E-state index in [-0.39, 0.29) is 18.3 Å². The third kappa shape index (κ3) is 9.34. The van der Waals surface area contributed by atoms with Crippen LogP contribution in [0.2, 0.25) is 18.1 Å². The van der Waals surface area contributed by atoms with E-state index in [1.807, 2.05) is 30.3 Å². The molecule has 0 aliphatic carbocycles. The first-order chi connectivity index (χ1) is 17.0. The number of ether oxygens (including phenoxy) is 4. The average Bonchev–Trinajstić information content (AvgIpc) is 2.78. The molecule has 0 aliphatic heterocycles. The van der Waals surface area contributed by atoms with E-state index in [1.165, 1.54) is 7.11 Å². The number of methoxy groups -OCH3 is 2. The highest BCUT2D eigenvalue weighted by atomic mass is 28.3. The molecule has 0 saturated heterocycles. The van der Waals surface area contributed by atoms with Gasteiger partial charge in [0.25, 0.3) is 0 Å². The molecular weight excluding hydrogens is 486 g/mol. The van der Waals surface area contributed by atoms with E-state index in [9.17, 15) is 9.59 Å². The molecule has 0 unspecified atom stereocenters. The second kappa shape index (κ2) is 13.3. The fraction of sp³-hybridized carbons (Fsp3) is 0.586. The van der Waals surface area contributed by atoms with Gasteiger partial charge in [-0.3, -0.25) is 0 Å². The molecule has 7 nitrogen and oxygen atoms in total. The fourth-order valence-electron chi connectivity index (χ4n) is 3.64. The maximum atomic E-state index is 13.6. The van der Waals surface area contributed by atoms with Gasteiger partial charge in [0.05, 0.1) is 15.2 Å². The van der Waals surface area contributed by atoms with Crippen molar-refractivity contribution in [2.24, 2.45) is 0 Å². The number of nitrogens with one attached hydrogen (secondary N) is 1. The summed E-state index contributed by atoms with van der Waals surface area (Å²) >= 11 is 0. The number of esters is 1. The third-order valence-electron chi connectivity index (χ3n) is 6.75. The molecule has 0 aliphatic rings. The second-order valence-electron chi connectivity index (χ2n) is 11.8. The molecule has 0 fully saturated rings. The minimum atomic E-state index is -1.92. The molecule has 0 heterocycles. The van der Waals surface area contributed by atoms with Crippen molar-refractivity contribution < 1.29 is 28.5 Å². The van der Waals surface area contributed by atoms with Gasteiger partial charge in [-0.1, -0.05) is 63.8 Å². The standard InChI is InChI=1S/C29H47NO6Si/c1-12-13-18-29(25(31)34-9,30-26(32)36-27(2,3)4)24(17-19-37(10,11)28(5,6)7)22-15-14-16-23(20-22)35-21-33-8/h12,14-17,19-20,24H,1,13,18,21H2,2-11H3,(H,30,32)/b19-17+/t24-,29+/m1/s1. The molecule has 8 heteroatoms. The third-order valence-corrected chi connectivity index (χ3v) is 11.6. The number of carbonyl (C=O) groups is 2. The molecule has 2 atom stereocenters. The van der Waals surface area contributed by atoms with Crippen molar-refractivity contribution in [2.75, 3.05) is 21.0 Å². The van der Waals surface area contributed by atoms with Crippen LogP contribution in [0.5, 0.6) is 5.75 Å². The van der Waals surface area contributed by atoms with Gasteiger partial charge in [-0.05, 0) is 56.3 Å². The van der Waals surface area contributed by atoms with Gasteiger partial charge in [0, 0.05) is 13.0 Å². The molecule has 208 valence electrons. The normalized spacial score (nSPS) is 15.0. The number of benzene rings is 1. The molecular formula is C29H47NO6Si. The van der Waals surface area contributed by atoms with E-state index >= 15 is 0 Å². The van der Waals surface area contributed by atoms with Crippen molar-refractivity contribution in [3.63, 3.8) is 0 Å².